The van der Waals surface area contributed by atoms with Crippen molar-refractivity contribution in [3.8, 4) is 0 Å². The second-order valence-electron chi connectivity index (χ2n) is 3.68. The number of nitrogens with one attached hydrogen (secondary N) is 1. The molecular weight excluding hydrogens is 208 g/mol. The number of hydrogen-bond donors (Lipinski definition) is 2. The summed E-state index contributed by atoms with van der Waals surface area (Å²) in [5, 5.41) is 1.26. The summed E-state index contributed by atoms with van der Waals surface area (Å²) in [6.07, 6.45) is 4.14. The monoisotopic (exact) mass is 224 g/mol. The molecule has 3 N–H and O–H groups in total. The molecule has 0 spiro atoms. The third kappa shape index (κ3) is 2.33. The zero-order valence-corrected chi connectivity index (χ0v) is 9.68. The molecule has 2 aromatic rings. The van der Waals surface area contributed by atoms with Crippen LogP contribution in [0.3, 0.4) is 0 Å². The van der Waals surface area contributed by atoms with Gasteiger partial charge in [-0.3, -0.25) is 0 Å². The molecule has 0 radical (unpaired) electrons. The topological polar surface area (TPSA) is 41.8 Å². The van der Waals surface area contributed by atoms with E-state index in [2.05, 4.69) is 36.2 Å². The van der Waals surface area contributed by atoms with E-state index >= 15 is 0 Å². The summed E-state index contributed by atoms with van der Waals surface area (Å²) >= 11 is 0. The number of hydrogen-bond acceptors (Lipinski definition) is 1. The summed E-state index contributed by atoms with van der Waals surface area (Å²) in [7, 11) is 0. The number of rotatable bonds is 3. The summed E-state index contributed by atoms with van der Waals surface area (Å²) in [6, 6.07) is 8.53. The van der Waals surface area contributed by atoms with Crippen molar-refractivity contribution in [2.75, 3.05) is 0 Å². The molecule has 0 aliphatic rings. The Hall–Kier alpha value is -0.990. The van der Waals surface area contributed by atoms with E-state index in [-0.39, 0.29) is 18.4 Å². The highest BCUT2D eigenvalue weighted by molar-refractivity contribution is 5.85. The van der Waals surface area contributed by atoms with Crippen LogP contribution in [0.25, 0.3) is 10.9 Å². The van der Waals surface area contributed by atoms with Gasteiger partial charge in [-0.25, -0.2) is 0 Å². The minimum Gasteiger partial charge on any atom is -0.361 e. The maximum Gasteiger partial charge on any atom is 0.0457 e. The fourth-order valence-electron chi connectivity index (χ4n) is 1.90. The minimum atomic E-state index is 0. The molecule has 1 heterocycles. The van der Waals surface area contributed by atoms with Gasteiger partial charge in [0, 0.05) is 23.1 Å². The van der Waals surface area contributed by atoms with Crippen LogP contribution >= 0.6 is 12.4 Å². The Kier molecular flexibility index (Phi) is 4.18. The molecule has 3 heteroatoms. The molecule has 0 fully saturated rings. The van der Waals surface area contributed by atoms with E-state index in [4.69, 9.17) is 5.73 Å². The van der Waals surface area contributed by atoms with Gasteiger partial charge >= 0.3 is 0 Å². The molecule has 1 aromatic heterocycles. The molecule has 0 amide bonds. The Balaban J connectivity index is 0.00000112. The zero-order valence-electron chi connectivity index (χ0n) is 8.86. The van der Waals surface area contributed by atoms with Crippen molar-refractivity contribution in [2.24, 2.45) is 5.73 Å². The first kappa shape index (κ1) is 12.1. The number of halogens is 1. The highest BCUT2D eigenvalue weighted by atomic mass is 35.5. The largest absolute Gasteiger partial charge is 0.361 e. The van der Waals surface area contributed by atoms with Crippen molar-refractivity contribution in [1.82, 2.24) is 4.98 Å². The zero-order chi connectivity index (χ0) is 9.97. The van der Waals surface area contributed by atoms with Crippen molar-refractivity contribution in [3.05, 3.63) is 36.0 Å². The third-order valence-corrected chi connectivity index (χ3v) is 2.63. The molecule has 82 valence electrons. The lowest BCUT2D eigenvalue weighted by molar-refractivity contribution is 0.643. The number of aromatic amines is 1. The number of nitrogens with two attached hydrogens (primary N) is 1. The predicted molar refractivity (Wildman–Crippen MR) is 67.4 cm³/mol. The van der Waals surface area contributed by atoms with E-state index in [0.29, 0.717) is 0 Å². The summed E-state index contributed by atoms with van der Waals surface area (Å²) in [5.41, 5.74) is 8.55. The quantitative estimate of drug-likeness (QED) is 0.825. The molecule has 0 saturated heterocycles. The Bertz CT molecular complexity index is 422. The summed E-state index contributed by atoms with van der Waals surface area (Å²) in [4.78, 5) is 3.20. The molecule has 0 bridgehead atoms. The SMILES string of the molecule is CCC[C@H](N)c1cccc2[nH]ccc12.Cl. The summed E-state index contributed by atoms with van der Waals surface area (Å²) in [6.45, 7) is 2.16. The van der Waals surface area contributed by atoms with Gasteiger partial charge in [-0.1, -0.05) is 25.5 Å². The van der Waals surface area contributed by atoms with E-state index < -0.39 is 0 Å². The Morgan fingerprint density at radius 1 is 1.33 bits per heavy atom. The fraction of sp³-hybridized carbons (Fsp3) is 0.333. The highest BCUT2D eigenvalue weighted by Gasteiger charge is 2.08. The van der Waals surface area contributed by atoms with Crippen LogP contribution in [-0.2, 0) is 0 Å². The van der Waals surface area contributed by atoms with Gasteiger partial charge in [-0.15, -0.1) is 12.4 Å². The normalized spacial score (nSPS) is 12.4. The molecule has 2 nitrogen and oxygen atoms in total. The maximum atomic E-state index is 6.12. The van der Waals surface area contributed by atoms with E-state index in [1.54, 1.807) is 0 Å². The van der Waals surface area contributed by atoms with Gasteiger partial charge in [0.05, 0.1) is 0 Å². The molecule has 0 unspecified atom stereocenters. The average molecular weight is 225 g/mol. The average Bonchev–Trinajstić information content (AvgIpc) is 2.65. The van der Waals surface area contributed by atoms with Crippen molar-refractivity contribution >= 4 is 23.3 Å². The van der Waals surface area contributed by atoms with Gasteiger partial charge in [0.25, 0.3) is 0 Å². The lowest BCUT2D eigenvalue weighted by Crippen LogP contribution is -2.09. The van der Waals surface area contributed by atoms with Gasteiger partial charge in [-0.2, -0.15) is 0 Å². The Labute approximate surface area is 96.3 Å². The van der Waals surface area contributed by atoms with Gasteiger partial charge in [0.15, 0.2) is 0 Å². The smallest absolute Gasteiger partial charge is 0.0457 e. The number of benzene rings is 1. The maximum absolute atomic E-state index is 6.12. The van der Waals surface area contributed by atoms with Crippen molar-refractivity contribution in [3.63, 3.8) is 0 Å². The minimum absolute atomic E-state index is 0. The molecule has 0 aliphatic carbocycles. The first-order valence-corrected chi connectivity index (χ1v) is 5.14. The summed E-state index contributed by atoms with van der Waals surface area (Å²) < 4.78 is 0. The van der Waals surface area contributed by atoms with Crippen LogP contribution in [0, 0.1) is 0 Å². The molecule has 2 rings (SSSR count). The number of H-pyrrole nitrogens is 1. The number of fused-ring (bicyclic) bond motifs is 1. The van der Waals surface area contributed by atoms with Crippen molar-refractivity contribution in [2.45, 2.75) is 25.8 Å². The summed E-state index contributed by atoms with van der Waals surface area (Å²) in [5.74, 6) is 0. The van der Waals surface area contributed by atoms with Crippen LogP contribution in [0.1, 0.15) is 31.4 Å². The highest BCUT2D eigenvalue weighted by Crippen LogP contribution is 2.24. The van der Waals surface area contributed by atoms with Crippen LogP contribution in [0.2, 0.25) is 0 Å². The van der Waals surface area contributed by atoms with Gasteiger partial charge < -0.3 is 10.7 Å². The van der Waals surface area contributed by atoms with Crippen LogP contribution < -0.4 is 5.73 Å². The third-order valence-electron chi connectivity index (χ3n) is 2.63. The molecule has 1 atom stereocenters. The van der Waals surface area contributed by atoms with Gasteiger partial charge in [-0.05, 0) is 24.1 Å². The van der Waals surface area contributed by atoms with Crippen LogP contribution in [-0.4, -0.2) is 4.98 Å². The molecule has 15 heavy (non-hydrogen) atoms. The lowest BCUT2D eigenvalue weighted by atomic mass is 10.00. The first-order valence-electron chi connectivity index (χ1n) is 5.14. The number of aromatic nitrogens is 1. The first-order chi connectivity index (χ1) is 6.83. The van der Waals surface area contributed by atoms with Crippen molar-refractivity contribution in [1.29, 1.82) is 0 Å². The molecule has 0 saturated carbocycles. The molecule has 0 aliphatic heterocycles. The fourth-order valence-corrected chi connectivity index (χ4v) is 1.90. The lowest BCUT2D eigenvalue weighted by Gasteiger charge is -2.11. The van der Waals surface area contributed by atoms with E-state index in [0.717, 1.165) is 12.8 Å². The van der Waals surface area contributed by atoms with Crippen LogP contribution in [0.4, 0.5) is 0 Å². The van der Waals surface area contributed by atoms with Gasteiger partial charge in [0.1, 0.15) is 0 Å². The standard InChI is InChI=1S/C12H16N2.ClH/c1-2-4-11(13)9-5-3-6-12-10(9)7-8-14-12;/h3,5-8,11,14H,2,4,13H2,1H3;1H/t11-;/m0./s1. The second kappa shape index (κ2) is 5.19. The van der Waals surface area contributed by atoms with Crippen molar-refractivity contribution < 1.29 is 0 Å². The van der Waals surface area contributed by atoms with Crippen LogP contribution in [0.5, 0.6) is 0 Å². The predicted octanol–water partition coefficient (Wildman–Crippen LogP) is 3.39. The van der Waals surface area contributed by atoms with E-state index in [1.165, 1.54) is 16.5 Å². The Morgan fingerprint density at radius 2 is 2.13 bits per heavy atom. The van der Waals surface area contributed by atoms with Crippen LogP contribution in [0.15, 0.2) is 30.5 Å². The van der Waals surface area contributed by atoms with Gasteiger partial charge in [0.2, 0.25) is 0 Å². The Morgan fingerprint density at radius 3 is 2.87 bits per heavy atom. The molecule has 1 aromatic carbocycles. The second-order valence-corrected chi connectivity index (χ2v) is 3.68. The van der Waals surface area contributed by atoms with E-state index in [1.807, 2.05) is 6.20 Å². The van der Waals surface area contributed by atoms with E-state index in [9.17, 15) is 0 Å². The molecular formula is C12H17ClN2.